The summed E-state index contributed by atoms with van der Waals surface area (Å²) in [5.74, 6) is -0.577. The van der Waals surface area contributed by atoms with Gasteiger partial charge in [-0.2, -0.15) is 4.31 Å². The van der Waals surface area contributed by atoms with Crippen LogP contribution in [-0.2, 0) is 26.0 Å². The predicted octanol–water partition coefficient (Wildman–Crippen LogP) is 4.39. The van der Waals surface area contributed by atoms with E-state index in [9.17, 15) is 23.1 Å². The van der Waals surface area contributed by atoms with Gasteiger partial charge in [-0.1, -0.05) is 99.1 Å². The number of carbonyl (C=O) groups excluding carboxylic acids is 2. The molecular formula is C29H42BrN3O5S. The lowest BCUT2D eigenvalue weighted by atomic mass is 9.91. The number of benzene rings is 2. The molecular weight excluding hydrogens is 582 g/mol. The monoisotopic (exact) mass is 623 g/mol. The van der Waals surface area contributed by atoms with Crippen molar-refractivity contribution in [2.24, 2.45) is 11.3 Å². The third-order valence-corrected chi connectivity index (χ3v) is 8.50. The highest BCUT2D eigenvalue weighted by Gasteiger charge is 2.36. The minimum Gasteiger partial charge on any atom is -0.390 e. The number of hydrogen-bond donors (Lipinski definition) is 2. The highest BCUT2D eigenvalue weighted by Crippen LogP contribution is 2.24. The van der Waals surface area contributed by atoms with Crippen LogP contribution in [-0.4, -0.2) is 65.2 Å². The first kappa shape index (κ1) is 32.9. The van der Waals surface area contributed by atoms with Gasteiger partial charge in [0.25, 0.3) is 0 Å². The van der Waals surface area contributed by atoms with Crippen LogP contribution in [0.4, 0.5) is 0 Å². The molecule has 8 nitrogen and oxygen atoms in total. The summed E-state index contributed by atoms with van der Waals surface area (Å²) in [6.07, 6.45) is -0.373. The van der Waals surface area contributed by atoms with Gasteiger partial charge in [0.2, 0.25) is 21.8 Å². The maximum atomic E-state index is 13.6. The molecule has 0 fully saturated rings. The van der Waals surface area contributed by atoms with E-state index in [0.29, 0.717) is 6.42 Å². The van der Waals surface area contributed by atoms with Gasteiger partial charge in [-0.3, -0.25) is 15.0 Å². The first-order valence-corrected chi connectivity index (χ1v) is 15.8. The molecule has 0 bridgehead atoms. The van der Waals surface area contributed by atoms with E-state index in [4.69, 9.17) is 0 Å². The molecule has 2 aromatic carbocycles. The molecule has 2 atom stereocenters. The van der Waals surface area contributed by atoms with Crippen LogP contribution in [0, 0.1) is 11.3 Å². The highest BCUT2D eigenvalue weighted by atomic mass is 79.9. The number of hydrazine groups is 1. The number of aliphatic hydroxyl groups excluding tert-OH is 1. The van der Waals surface area contributed by atoms with Crippen molar-refractivity contribution in [2.45, 2.75) is 70.9 Å². The normalized spacial score (nSPS) is 13.8. The van der Waals surface area contributed by atoms with Gasteiger partial charge in [0.05, 0.1) is 22.4 Å². The largest absolute Gasteiger partial charge is 0.390 e. The smallest absolute Gasteiger partial charge is 0.249 e. The zero-order chi connectivity index (χ0) is 29.2. The lowest BCUT2D eigenvalue weighted by Gasteiger charge is -2.38. The molecule has 216 valence electrons. The number of hydrogen-bond acceptors (Lipinski definition) is 5. The summed E-state index contributed by atoms with van der Waals surface area (Å²) in [4.78, 5) is 26.1. The number of carbonyl (C=O) groups is 2. The molecule has 0 radical (unpaired) electrons. The van der Waals surface area contributed by atoms with Crippen LogP contribution >= 0.6 is 15.9 Å². The number of halogens is 1. The van der Waals surface area contributed by atoms with Crippen LogP contribution < -0.4 is 5.43 Å². The molecule has 2 aromatic rings. The van der Waals surface area contributed by atoms with E-state index in [1.165, 1.54) is 21.4 Å². The lowest BCUT2D eigenvalue weighted by molar-refractivity contribution is -0.148. The zero-order valence-corrected chi connectivity index (χ0v) is 25.9. The SMILES string of the molecule is CC(C)CCN(C[C@@H](O)C(Cc1ccccc1)N(NC(=O)CBr)C(=O)CC(C)(C)C)S(=O)(=O)c1ccccc1. The number of rotatable bonds is 13. The van der Waals surface area contributed by atoms with Gasteiger partial charge in [0.1, 0.15) is 0 Å². The van der Waals surface area contributed by atoms with Crippen molar-refractivity contribution in [3.63, 3.8) is 0 Å². The molecule has 39 heavy (non-hydrogen) atoms. The fourth-order valence-electron chi connectivity index (χ4n) is 4.07. The van der Waals surface area contributed by atoms with Crippen molar-refractivity contribution in [3.8, 4) is 0 Å². The van der Waals surface area contributed by atoms with Gasteiger partial charge in [-0.25, -0.2) is 13.4 Å². The standard InChI is InChI=1S/C29H42BrN3O5S/c1-22(2)16-17-32(39(37,38)24-14-10-7-11-15-24)21-26(34)25(18-23-12-8-6-9-13-23)33(31-27(35)20-30)28(36)19-29(3,4)5/h6-15,22,25-26,34H,16-21H2,1-5H3,(H,31,35)/t25?,26-/m1/s1. The second-order valence-electron chi connectivity index (χ2n) is 11.4. The van der Waals surface area contributed by atoms with Crippen molar-refractivity contribution in [3.05, 3.63) is 66.2 Å². The highest BCUT2D eigenvalue weighted by molar-refractivity contribution is 9.09. The Morgan fingerprint density at radius 3 is 2.08 bits per heavy atom. The lowest BCUT2D eigenvalue weighted by Crippen LogP contribution is -2.59. The summed E-state index contributed by atoms with van der Waals surface area (Å²) in [5, 5.41) is 12.8. The molecule has 2 amide bonds. The molecule has 0 heterocycles. The van der Waals surface area contributed by atoms with Crippen LogP contribution in [0.2, 0.25) is 0 Å². The summed E-state index contributed by atoms with van der Waals surface area (Å²) in [7, 11) is -3.93. The maximum Gasteiger partial charge on any atom is 0.249 e. The Kier molecular flexibility index (Phi) is 12.6. The van der Waals surface area contributed by atoms with Gasteiger partial charge < -0.3 is 5.11 Å². The second-order valence-corrected chi connectivity index (χ2v) is 13.9. The molecule has 1 unspecified atom stereocenters. The van der Waals surface area contributed by atoms with Crippen molar-refractivity contribution in [2.75, 3.05) is 18.4 Å². The summed E-state index contributed by atoms with van der Waals surface area (Å²) in [5.41, 5.74) is 3.11. The Morgan fingerprint density at radius 2 is 1.56 bits per heavy atom. The van der Waals surface area contributed by atoms with E-state index in [1.54, 1.807) is 18.2 Å². The van der Waals surface area contributed by atoms with Gasteiger partial charge in [0.15, 0.2) is 0 Å². The zero-order valence-electron chi connectivity index (χ0n) is 23.5. The fraction of sp³-hybridized carbons (Fsp3) is 0.517. The second kappa shape index (κ2) is 14.9. The van der Waals surface area contributed by atoms with Crippen LogP contribution in [0.15, 0.2) is 65.6 Å². The van der Waals surface area contributed by atoms with Gasteiger partial charge >= 0.3 is 0 Å². The van der Waals surface area contributed by atoms with Crippen LogP contribution in [0.1, 0.15) is 53.0 Å². The third-order valence-electron chi connectivity index (χ3n) is 6.11. The first-order chi connectivity index (χ1) is 18.2. The maximum absolute atomic E-state index is 13.6. The summed E-state index contributed by atoms with van der Waals surface area (Å²) < 4.78 is 28.6. The Hall–Kier alpha value is -2.27. The Morgan fingerprint density at radius 1 is 1.00 bits per heavy atom. The van der Waals surface area contributed by atoms with Gasteiger partial charge in [-0.05, 0) is 41.9 Å². The fourth-order valence-corrected chi connectivity index (χ4v) is 5.69. The molecule has 2 N–H and O–H groups in total. The van der Waals surface area contributed by atoms with E-state index in [2.05, 4.69) is 21.4 Å². The molecule has 0 saturated heterocycles. The predicted molar refractivity (Wildman–Crippen MR) is 157 cm³/mol. The number of sulfonamides is 1. The van der Waals surface area contributed by atoms with Crippen LogP contribution in [0.3, 0.4) is 0 Å². The molecule has 0 aliphatic carbocycles. The molecule has 0 saturated carbocycles. The Balaban J connectivity index is 2.51. The summed E-state index contributed by atoms with van der Waals surface area (Å²) in [6, 6.07) is 16.5. The molecule has 0 spiro atoms. The van der Waals surface area contributed by atoms with Crippen molar-refractivity contribution < 1.29 is 23.1 Å². The average molecular weight is 625 g/mol. The van der Waals surface area contributed by atoms with Gasteiger partial charge in [-0.15, -0.1) is 0 Å². The topological polar surface area (TPSA) is 107 Å². The van der Waals surface area contributed by atoms with E-state index in [0.717, 1.165) is 5.56 Å². The average Bonchev–Trinajstić information content (AvgIpc) is 2.88. The van der Waals surface area contributed by atoms with E-state index in [-0.39, 0.29) is 53.4 Å². The number of aliphatic hydroxyl groups is 1. The number of amides is 2. The first-order valence-electron chi connectivity index (χ1n) is 13.2. The van der Waals surface area contributed by atoms with Crippen LogP contribution in [0.25, 0.3) is 0 Å². The number of nitrogens with zero attached hydrogens (tertiary/aromatic N) is 2. The minimum atomic E-state index is -3.93. The molecule has 0 aromatic heterocycles. The minimum absolute atomic E-state index is 0.0383. The van der Waals surface area contributed by atoms with E-state index in [1.807, 2.05) is 65.0 Å². The van der Waals surface area contributed by atoms with Crippen molar-refractivity contribution >= 4 is 37.8 Å². The van der Waals surface area contributed by atoms with Crippen molar-refractivity contribution in [1.82, 2.24) is 14.7 Å². The third kappa shape index (κ3) is 10.7. The van der Waals surface area contributed by atoms with Gasteiger partial charge in [0, 0.05) is 19.5 Å². The van der Waals surface area contributed by atoms with Crippen LogP contribution in [0.5, 0.6) is 0 Å². The number of nitrogens with one attached hydrogen (secondary N) is 1. The summed E-state index contributed by atoms with van der Waals surface area (Å²) in [6.45, 7) is 9.71. The Bertz CT molecular complexity index is 1150. The summed E-state index contributed by atoms with van der Waals surface area (Å²) >= 11 is 3.13. The number of alkyl halides is 1. The van der Waals surface area contributed by atoms with E-state index >= 15 is 0 Å². The molecule has 10 heteroatoms. The molecule has 0 aliphatic heterocycles. The quantitative estimate of drug-likeness (QED) is 0.254. The van der Waals surface area contributed by atoms with E-state index < -0.39 is 28.1 Å². The molecule has 2 rings (SSSR count). The Labute approximate surface area is 241 Å². The molecule has 0 aliphatic rings. The van der Waals surface area contributed by atoms with Crippen molar-refractivity contribution in [1.29, 1.82) is 0 Å².